The molecule has 1 aromatic heterocycles. The zero-order chi connectivity index (χ0) is 32.7. The molecule has 0 spiro atoms. The summed E-state index contributed by atoms with van der Waals surface area (Å²) in [5.41, 5.74) is 0.469. The van der Waals surface area contributed by atoms with Gasteiger partial charge in [-0.2, -0.15) is 4.98 Å². The summed E-state index contributed by atoms with van der Waals surface area (Å²) < 4.78 is 61.7. The summed E-state index contributed by atoms with van der Waals surface area (Å²) in [4.78, 5) is 36.2. The van der Waals surface area contributed by atoms with Gasteiger partial charge in [-0.05, 0) is 63.4 Å². The lowest BCUT2D eigenvalue weighted by molar-refractivity contribution is -0.137. The number of aromatic nitrogens is 2. The molecule has 0 radical (unpaired) electrons. The molecule has 3 aromatic rings. The number of hydrogen-bond acceptors (Lipinski definition) is 9. The predicted octanol–water partition coefficient (Wildman–Crippen LogP) is 4.52. The van der Waals surface area contributed by atoms with Crippen LogP contribution >= 0.6 is 0 Å². The highest BCUT2D eigenvalue weighted by Gasteiger charge is 2.31. The zero-order valence-corrected chi connectivity index (χ0v) is 26.1. The van der Waals surface area contributed by atoms with Gasteiger partial charge in [0, 0.05) is 45.2 Å². The number of nitrogens with zero attached hydrogens (tertiary/aromatic N) is 5. The molecular weight excluding hydrogens is 610 g/mol. The van der Waals surface area contributed by atoms with Gasteiger partial charge in [-0.15, -0.1) is 0 Å². The minimum Gasteiger partial charge on any atom is -0.480 e. The van der Waals surface area contributed by atoms with Gasteiger partial charge < -0.3 is 25.0 Å². The highest BCUT2D eigenvalue weighted by molar-refractivity contribution is 7.92. The van der Waals surface area contributed by atoms with Gasteiger partial charge in [0.05, 0.1) is 6.20 Å². The van der Waals surface area contributed by atoms with Gasteiger partial charge in [0.25, 0.3) is 10.0 Å². The molecule has 4 rings (SSSR count). The molecule has 12 nitrogen and oxygen atoms in total. The molecule has 1 saturated heterocycles. The Hall–Kier alpha value is -4.53. The van der Waals surface area contributed by atoms with Crippen molar-refractivity contribution in [1.29, 1.82) is 0 Å². The number of aliphatic carboxylic acids is 1. The molecule has 0 bridgehead atoms. The van der Waals surface area contributed by atoms with E-state index in [0.29, 0.717) is 43.6 Å². The van der Waals surface area contributed by atoms with Crippen molar-refractivity contribution in [2.75, 3.05) is 47.2 Å². The van der Waals surface area contributed by atoms with Crippen molar-refractivity contribution in [1.82, 2.24) is 14.9 Å². The number of rotatable bonds is 13. The van der Waals surface area contributed by atoms with Crippen LogP contribution in [0.25, 0.3) is 0 Å². The number of nitrogens with one attached hydrogen (secondary N) is 1. The lowest BCUT2D eigenvalue weighted by Gasteiger charge is -2.27. The van der Waals surface area contributed by atoms with E-state index < -0.39 is 44.7 Å². The van der Waals surface area contributed by atoms with Crippen LogP contribution in [0.1, 0.15) is 39.2 Å². The third kappa shape index (κ3) is 7.77. The average molecular weight is 647 g/mol. The Kier molecular flexibility index (Phi) is 10.8. The number of amides is 1. The molecule has 0 saturated carbocycles. The van der Waals surface area contributed by atoms with E-state index in [0.717, 1.165) is 29.3 Å². The fourth-order valence-electron chi connectivity index (χ4n) is 4.95. The lowest BCUT2D eigenvalue weighted by atomic mass is 10.1. The summed E-state index contributed by atoms with van der Waals surface area (Å²) in [5.74, 6) is -3.03. The summed E-state index contributed by atoms with van der Waals surface area (Å²) >= 11 is 0. The normalized spacial score (nSPS) is 13.8. The molecule has 2 N–H and O–H groups in total. The van der Waals surface area contributed by atoms with Crippen molar-refractivity contribution in [2.45, 2.75) is 51.0 Å². The van der Waals surface area contributed by atoms with Crippen molar-refractivity contribution in [2.24, 2.45) is 0 Å². The SMILES string of the molecule is CCN(CC)c1ncc(N(CC)S(=O)(=O)c2ccc(F)cc2F)c(N[C@@H](Cc2ccc(OC(=O)N3CCCC3)cc2)C(=O)O)n1. The Morgan fingerprint density at radius 2 is 1.71 bits per heavy atom. The van der Waals surface area contributed by atoms with Gasteiger partial charge in [0.1, 0.15) is 34.0 Å². The quantitative estimate of drug-likeness (QED) is 0.272. The highest BCUT2D eigenvalue weighted by Crippen LogP contribution is 2.32. The predicted molar refractivity (Wildman–Crippen MR) is 164 cm³/mol. The summed E-state index contributed by atoms with van der Waals surface area (Å²) in [7, 11) is -4.59. The van der Waals surface area contributed by atoms with E-state index in [1.54, 1.807) is 34.1 Å². The zero-order valence-electron chi connectivity index (χ0n) is 25.2. The Morgan fingerprint density at radius 3 is 2.29 bits per heavy atom. The number of ether oxygens (including phenoxy) is 1. The van der Waals surface area contributed by atoms with Crippen molar-refractivity contribution < 1.29 is 36.6 Å². The van der Waals surface area contributed by atoms with Gasteiger partial charge in [-0.3, -0.25) is 4.31 Å². The van der Waals surface area contributed by atoms with Gasteiger partial charge in [-0.25, -0.2) is 31.8 Å². The van der Waals surface area contributed by atoms with E-state index >= 15 is 0 Å². The molecule has 1 aliphatic rings. The molecule has 0 aliphatic carbocycles. The largest absolute Gasteiger partial charge is 0.480 e. The maximum atomic E-state index is 14.6. The second-order valence-electron chi connectivity index (χ2n) is 10.3. The molecule has 1 fully saturated rings. The van der Waals surface area contributed by atoms with Crippen LogP contribution in [0.3, 0.4) is 0 Å². The number of halogens is 2. The minimum absolute atomic E-state index is 0.0504. The molecule has 2 aromatic carbocycles. The van der Waals surface area contributed by atoms with E-state index in [9.17, 15) is 31.9 Å². The van der Waals surface area contributed by atoms with Crippen molar-refractivity contribution in [3.63, 3.8) is 0 Å². The topological polar surface area (TPSA) is 145 Å². The van der Waals surface area contributed by atoms with Crippen LogP contribution in [0.4, 0.5) is 31.0 Å². The Bertz CT molecular complexity index is 1620. The standard InChI is InChI=1S/C30H36F2N6O6S/c1-4-36(5-2)29-33-19-25(38(6-3)45(42,43)26-14-11-21(31)18-23(26)32)27(35-29)34-24(28(39)40)17-20-9-12-22(13-10-20)44-30(41)37-15-7-8-16-37/h9-14,18-19,24H,4-8,15-17H2,1-3H3,(H,39,40)(H,33,34,35)/t24-/m0/s1. The van der Waals surface area contributed by atoms with E-state index in [2.05, 4.69) is 15.3 Å². The monoisotopic (exact) mass is 646 g/mol. The third-order valence-electron chi connectivity index (χ3n) is 7.36. The number of hydrogen-bond donors (Lipinski definition) is 2. The molecule has 2 heterocycles. The molecule has 1 atom stereocenters. The second kappa shape index (κ2) is 14.5. The molecular formula is C30H36F2N6O6S. The van der Waals surface area contributed by atoms with Crippen molar-refractivity contribution in [3.8, 4) is 5.75 Å². The second-order valence-corrected chi connectivity index (χ2v) is 12.1. The van der Waals surface area contributed by atoms with Gasteiger partial charge >= 0.3 is 12.1 Å². The van der Waals surface area contributed by atoms with Crippen LogP contribution in [-0.2, 0) is 21.2 Å². The maximum absolute atomic E-state index is 14.6. The fourth-order valence-corrected chi connectivity index (χ4v) is 6.46. The summed E-state index contributed by atoms with van der Waals surface area (Å²) in [6.07, 6.45) is 2.58. The first-order chi connectivity index (χ1) is 21.5. The van der Waals surface area contributed by atoms with Crippen LogP contribution in [0.2, 0.25) is 0 Å². The summed E-state index contributed by atoms with van der Waals surface area (Å²) in [6.45, 7) is 7.37. The number of carbonyl (C=O) groups excluding carboxylic acids is 1. The molecule has 15 heteroatoms. The minimum atomic E-state index is -4.59. The smallest absolute Gasteiger partial charge is 0.415 e. The number of likely N-dealkylation sites (tertiary alicyclic amines) is 1. The van der Waals surface area contributed by atoms with E-state index in [1.165, 1.54) is 13.1 Å². The number of carboxylic acids is 1. The molecule has 242 valence electrons. The maximum Gasteiger partial charge on any atom is 0.415 e. The first-order valence-corrected chi connectivity index (χ1v) is 16.1. The van der Waals surface area contributed by atoms with Crippen molar-refractivity contribution in [3.05, 3.63) is 65.9 Å². The van der Waals surface area contributed by atoms with Crippen LogP contribution in [0, 0.1) is 11.6 Å². The van der Waals surface area contributed by atoms with E-state index in [1.807, 2.05) is 13.8 Å². The van der Waals surface area contributed by atoms with Gasteiger partial charge in [-0.1, -0.05) is 12.1 Å². The number of carbonyl (C=O) groups is 2. The molecule has 45 heavy (non-hydrogen) atoms. The number of sulfonamides is 1. The van der Waals surface area contributed by atoms with E-state index in [-0.39, 0.29) is 30.4 Å². The van der Waals surface area contributed by atoms with Crippen LogP contribution in [0.5, 0.6) is 5.75 Å². The number of anilines is 3. The Labute approximate surface area is 260 Å². The average Bonchev–Trinajstić information content (AvgIpc) is 3.55. The van der Waals surface area contributed by atoms with Crippen LogP contribution in [0.15, 0.2) is 53.6 Å². The fraction of sp³-hybridized carbons (Fsp3) is 0.400. The van der Waals surface area contributed by atoms with Gasteiger partial charge in [0.15, 0.2) is 5.82 Å². The van der Waals surface area contributed by atoms with Gasteiger partial charge in [0.2, 0.25) is 5.95 Å². The molecule has 0 unspecified atom stereocenters. The number of benzene rings is 2. The molecule has 1 aliphatic heterocycles. The van der Waals surface area contributed by atoms with Crippen LogP contribution in [-0.4, -0.2) is 79.2 Å². The third-order valence-corrected chi connectivity index (χ3v) is 9.28. The highest BCUT2D eigenvalue weighted by atomic mass is 32.2. The van der Waals surface area contributed by atoms with E-state index in [4.69, 9.17) is 4.74 Å². The number of carboxylic acid groups (broad SMARTS) is 1. The first-order valence-electron chi connectivity index (χ1n) is 14.6. The Morgan fingerprint density at radius 1 is 1.04 bits per heavy atom. The molecule has 1 amide bonds. The summed E-state index contributed by atoms with van der Waals surface area (Å²) in [6, 6.07) is 7.25. The Balaban J connectivity index is 1.65. The van der Waals surface area contributed by atoms with Crippen molar-refractivity contribution >= 4 is 39.5 Å². The first kappa shape index (κ1) is 33.4. The lowest BCUT2D eigenvalue weighted by Crippen LogP contribution is -2.36. The summed E-state index contributed by atoms with van der Waals surface area (Å²) in [5, 5.41) is 13.0. The van der Waals surface area contributed by atoms with Crippen LogP contribution < -0.4 is 19.3 Å².